The van der Waals surface area contributed by atoms with Crippen molar-refractivity contribution in [2.45, 2.75) is 18.3 Å². The molecule has 0 amide bonds. The Balaban J connectivity index is 4.17. The molecule has 0 rings (SSSR count). The SMILES string of the molecule is COC(=O)[C@H](O)[C@@H](O)[C@@H](O)C=O. The lowest BCUT2D eigenvalue weighted by molar-refractivity contribution is -0.161. The van der Waals surface area contributed by atoms with Gasteiger partial charge >= 0.3 is 5.97 Å². The van der Waals surface area contributed by atoms with Crippen LogP contribution in [0, 0.1) is 0 Å². The third-order valence-electron chi connectivity index (χ3n) is 1.26. The molecule has 6 nitrogen and oxygen atoms in total. The summed E-state index contributed by atoms with van der Waals surface area (Å²) in [6, 6.07) is 0. The quantitative estimate of drug-likeness (QED) is 0.323. The van der Waals surface area contributed by atoms with E-state index in [-0.39, 0.29) is 6.29 Å². The fourth-order valence-corrected chi connectivity index (χ4v) is 0.527. The van der Waals surface area contributed by atoms with Gasteiger partial charge in [-0.05, 0) is 0 Å². The highest BCUT2D eigenvalue weighted by atomic mass is 16.5. The van der Waals surface area contributed by atoms with Crippen molar-refractivity contribution in [3.8, 4) is 0 Å². The third-order valence-corrected chi connectivity index (χ3v) is 1.26. The van der Waals surface area contributed by atoms with Crippen LogP contribution in [-0.4, -0.2) is 53.0 Å². The number of hydrogen-bond acceptors (Lipinski definition) is 6. The number of carbonyl (C=O) groups is 2. The molecular formula is C6H10O6. The van der Waals surface area contributed by atoms with Crippen LogP contribution in [0.5, 0.6) is 0 Å². The molecule has 0 radical (unpaired) electrons. The van der Waals surface area contributed by atoms with Gasteiger partial charge in [-0.15, -0.1) is 0 Å². The lowest BCUT2D eigenvalue weighted by Crippen LogP contribution is -2.43. The van der Waals surface area contributed by atoms with Gasteiger partial charge in [0, 0.05) is 0 Å². The standard InChI is InChI=1S/C6H10O6/c1-12-6(11)5(10)4(9)3(8)2-7/h2-5,8-10H,1H3/t3-,4-,5+/m0/s1. The number of ether oxygens (including phenoxy) is 1. The molecule has 0 aliphatic heterocycles. The van der Waals surface area contributed by atoms with Crippen LogP contribution >= 0.6 is 0 Å². The Bertz CT molecular complexity index is 167. The molecule has 0 spiro atoms. The summed E-state index contributed by atoms with van der Waals surface area (Å²) in [6.07, 6.45) is -5.54. The molecule has 12 heavy (non-hydrogen) atoms. The van der Waals surface area contributed by atoms with Crippen molar-refractivity contribution >= 4 is 12.3 Å². The van der Waals surface area contributed by atoms with E-state index in [1.165, 1.54) is 0 Å². The van der Waals surface area contributed by atoms with Crippen LogP contribution < -0.4 is 0 Å². The van der Waals surface area contributed by atoms with E-state index >= 15 is 0 Å². The van der Waals surface area contributed by atoms with Crippen LogP contribution in [0.1, 0.15) is 0 Å². The first-order chi connectivity index (χ1) is 5.54. The summed E-state index contributed by atoms with van der Waals surface area (Å²) in [5.74, 6) is -1.11. The zero-order valence-corrected chi connectivity index (χ0v) is 6.38. The van der Waals surface area contributed by atoms with E-state index in [1.807, 2.05) is 0 Å². The van der Waals surface area contributed by atoms with Gasteiger partial charge in [0.2, 0.25) is 0 Å². The second kappa shape index (κ2) is 4.81. The molecule has 0 fully saturated rings. The summed E-state index contributed by atoms with van der Waals surface area (Å²) in [7, 11) is 1.01. The number of aldehydes is 1. The number of hydrogen-bond donors (Lipinski definition) is 3. The van der Waals surface area contributed by atoms with Crippen LogP contribution in [0.3, 0.4) is 0 Å². The highest BCUT2D eigenvalue weighted by Gasteiger charge is 2.30. The maximum absolute atomic E-state index is 10.5. The van der Waals surface area contributed by atoms with E-state index < -0.39 is 24.3 Å². The Morgan fingerprint density at radius 1 is 1.42 bits per heavy atom. The summed E-state index contributed by atoms with van der Waals surface area (Å²) >= 11 is 0. The minimum Gasteiger partial charge on any atom is -0.467 e. The Morgan fingerprint density at radius 2 is 1.92 bits per heavy atom. The van der Waals surface area contributed by atoms with E-state index in [2.05, 4.69) is 4.74 Å². The lowest BCUT2D eigenvalue weighted by atomic mass is 10.1. The molecule has 0 aliphatic carbocycles. The van der Waals surface area contributed by atoms with Crippen LogP contribution in [0.15, 0.2) is 0 Å². The van der Waals surface area contributed by atoms with Gasteiger partial charge in [-0.3, -0.25) is 0 Å². The summed E-state index contributed by atoms with van der Waals surface area (Å²) in [5, 5.41) is 26.4. The van der Waals surface area contributed by atoms with Crippen molar-refractivity contribution in [1.29, 1.82) is 0 Å². The van der Waals surface area contributed by atoms with E-state index in [1.54, 1.807) is 0 Å². The van der Waals surface area contributed by atoms with E-state index in [9.17, 15) is 9.59 Å². The van der Waals surface area contributed by atoms with Gasteiger partial charge in [0.1, 0.15) is 12.2 Å². The average molecular weight is 178 g/mol. The number of rotatable bonds is 4. The van der Waals surface area contributed by atoms with Crippen molar-refractivity contribution in [3.05, 3.63) is 0 Å². The van der Waals surface area contributed by atoms with Gasteiger partial charge in [-0.1, -0.05) is 0 Å². The number of aliphatic hydroxyl groups excluding tert-OH is 3. The number of methoxy groups -OCH3 is 1. The zero-order chi connectivity index (χ0) is 9.72. The molecule has 0 aliphatic rings. The van der Waals surface area contributed by atoms with Gasteiger partial charge < -0.3 is 24.9 Å². The van der Waals surface area contributed by atoms with Gasteiger partial charge in [-0.25, -0.2) is 4.79 Å². The predicted molar refractivity (Wildman–Crippen MR) is 36.1 cm³/mol. The van der Waals surface area contributed by atoms with Crippen LogP contribution in [0.2, 0.25) is 0 Å². The van der Waals surface area contributed by atoms with Crippen LogP contribution in [-0.2, 0) is 14.3 Å². The zero-order valence-electron chi connectivity index (χ0n) is 6.38. The molecule has 0 aromatic rings. The number of carbonyl (C=O) groups excluding carboxylic acids is 2. The first-order valence-electron chi connectivity index (χ1n) is 3.12. The third kappa shape index (κ3) is 2.57. The summed E-state index contributed by atoms with van der Waals surface area (Å²) < 4.78 is 4.05. The van der Waals surface area contributed by atoms with E-state index in [0.29, 0.717) is 0 Å². The van der Waals surface area contributed by atoms with Gasteiger partial charge in [0.05, 0.1) is 7.11 Å². The molecule has 0 aromatic carbocycles. The van der Waals surface area contributed by atoms with Crippen LogP contribution in [0.4, 0.5) is 0 Å². The second-order valence-corrected chi connectivity index (χ2v) is 2.09. The van der Waals surface area contributed by atoms with E-state index in [0.717, 1.165) is 7.11 Å². The molecule has 0 saturated heterocycles. The molecule has 0 bridgehead atoms. The Hall–Kier alpha value is -0.980. The number of aliphatic hydroxyl groups is 3. The topological polar surface area (TPSA) is 104 Å². The largest absolute Gasteiger partial charge is 0.467 e. The molecule has 6 heteroatoms. The van der Waals surface area contributed by atoms with Crippen molar-refractivity contribution in [1.82, 2.24) is 0 Å². The minimum atomic E-state index is -1.91. The number of esters is 1. The second-order valence-electron chi connectivity index (χ2n) is 2.09. The molecule has 3 atom stereocenters. The Labute approximate surface area is 68.4 Å². The minimum absolute atomic E-state index is 0.0107. The van der Waals surface area contributed by atoms with Crippen molar-refractivity contribution in [3.63, 3.8) is 0 Å². The normalized spacial score (nSPS) is 17.7. The van der Waals surface area contributed by atoms with Gasteiger partial charge in [0.15, 0.2) is 12.4 Å². The first-order valence-corrected chi connectivity index (χ1v) is 3.12. The molecular weight excluding hydrogens is 168 g/mol. The van der Waals surface area contributed by atoms with Gasteiger partial charge in [-0.2, -0.15) is 0 Å². The highest BCUT2D eigenvalue weighted by Crippen LogP contribution is 1.99. The van der Waals surface area contributed by atoms with E-state index in [4.69, 9.17) is 15.3 Å². The van der Waals surface area contributed by atoms with Crippen molar-refractivity contribution in [2.24, 2.45) is 0 Å². The van der Waals surface area contributed by atoms with Crippen molar-refractivity contribution < 1.29 is 29.6 Å². The maximum Gasteiger partial charge on any atom is 0.337 e. The fraction of sp³-hybridized carbons (Fsp3) is 0.667. The Kier molecular flexibility index (Phi) is 4.42. The van der Waals surface area contributed by atoms with Crippen LogP contribution in [0.25, 0.3) is 0 Å². The molecule has 70 valence electrons. The summed E-state index contributed by atoms with van der Waals surface area (Å²) in [6.45, 7) is 0. The fourth-order valence-electron chi connectivity index (χ4n) is 0.527. The molecule has 0 aromatic heterocycles. The molecule has 0 unspecified atom stereocenters. The lowest BCUT2D eigenvalue weighted by Gasteiger charge is -2.16. The molecule has 3 N–H and O–H groups in total. The average Bonchev–Trinajstić information content (AvgIpc) is 2.12. The maximum atomic E-state index is 10.5. The monoisotopic (exact) mass is 178 g/mol. The molecule has 0 saturated carbocycles. The summed E-state index contributed by atoms with van der Waals surface area (Å²) in [5.41, 5.74) is 0. The smallest absolute Gasteiger partial charge is 0.337 e. The van der Waals surface area contributed by atoms with Crippen molar-refractivity contribution in [2.75, 3.05) is 7.11 Å². The highest BCUT2D eigenvalue weighted by molar-refractivity contribution is 5.76. The molecule has 0 heterocycles. The Morgan fingerprint density at radius 3 is 2.25 bits per heavy atom. The van der Waals surface area contributed by atoms with Gasteiger partial charge in [0.25, 0.3) is 0 Å². The first kappa shape index (κ1) is 11.0. The predicted octanol–water partition coefficient (Wildman–Crippen LogP) is -2.56. The summed E-state index contributed by atoms with van der Waals surface area (Å²) in [4.78, 5) is 20.4.